The molecule has 3 nitrogen and oxygen atoms in total. The number of piperidine rings is 1. The van der Waals surface area contributed by atoms with Crippen molar-refractivity contribution in [3.63, 3.8) is 0 Å². The molecule has 0 N–H and O–H groups in total. The molecule has 1 aliphatic heterocycles. The molecule has 1 aliphatic rings. The van der Waals surface area contributed by atoms with Crippen LogP contribution in [0.25, 0.3) is 0 Å². The van der Waals surface area contributed by atoms with Crippen LogP contribution < -0.4 is 0 Å². The van der Waals surface area contributed by atoms with Crippen LogP contribution in [-0.4, -0.2) is 43.8 Å². The lowest BCUT2D eigenvalue weighted by Gasteiger charge is -2.32. The monoisotopic (exact) mass is 287 g/mol. The minimum Gasteiger partial charge on any atom is -0.213 e. The lowest BCUT2D eigenvalue weighted by Crippen LogP contribution is -2.39. The second-order valence-corrected chi connectivity index (χ2v) is 7.14. The molecule has 0 saturated carbocycles. The van der Waals surface area contributed by atoms with Crippen molar-refractivity contribution >= 4 is 33.2 Å². The number of rotatable bonds is 5. The lowest BCUT2D eigenvalue weighted by atomic mass is 9.90. The van der Waals surface area contributed by atoms with Crippen LogP contribution in [0.15, 0.2) is 0 Å². The van der Waals surface area contributed by atoms with Gasteiger partial charge in [0.1, 0.15) is 0 Å². The van der Waals surface area contributed by atoms with Crippen LogP contribution in [0.3, 0.4) is 0 Å². The molecule has 0 aliphatic carbocycles. The number of alkyl halides is 2. The van der Waals surface area contributed by atoms with Gasteiger partial charge in [-0.15, -0.1) is 23.2 Å². The molecule has 0 amide bonds. The summed E-state index contributed by atoms with van der Waals surface area (Å²) in [7, 11) is -3.04. The van der Waals surface area contributed by atoms with E-state index in [1.807, 2.05) is 0 Å². The van der Waals surface area contributed by atoms with Gasteiger partial charge in [0, 0.05) is 24.8 Å². The molecule has 16 heavy (non-hydrogen) atoms. The molecule has 0 radical (unpaired) electrons. The highest BCUT2D eigenvalue weighted by Gasteiger charge is 2.27. The van der Waals surface area contributed by atoms with Gasteiger partial charge in [0.15, 0.2) is 0 Å². The van der Waals surface area contributed by atoms with E-state index >= 15 is 0 Å². The highest BCUT2D eigenvalue weighted by atomic mass is 35.5. The van der Waals surface area contributed by atoms with Crippen LogP contribution >= 0.6 is 23.2 Å². The van der Waals surface area contributed by atoms with Crippen LogP contribution in [0.1, 0.15) is 19.3 Å². The highest BCUT2D eigenvalue weighted by Crippen LogP contribution is 2.25. The van der Waals surface area contributed by atoms with E-state index in [0.717, 1.165) is 19.3 Å². The Hall–Kier alpha value is 0.490. The number of hydrogen-bond acceptors (Lipinski definition) is 2. The van der Waals surface area contributed by atoms with E-state index in [-0.39, 0.29) is 0 Å². The van der Waals surface area contributed by atoms with Gasteiger partial charge >= 0.3 is 0 Å². The zero-order chi connectivity index (χ0) is 12.2. The average Bonchev–Trinajstić information content (AvgIpc) is 2.25. The van der Waals surface area contributed by atoms with Crippen LogP contribution in [0.2, 0.25) is 0 Å². The van der Waals surface area contributed by atoms with Crippen molar-refractivity contribution in [3.8, 4) is 0 Å². The van der Waals surface area contributed by atoms with Gasteiger partial charge in [-0.1, -0.05) is 0 Å². The third-order valence-corrected chi connectivity index (χ3v) is 5.20. The SMILES string of the molecule is CS(=O)(=O)N1CCCC(CC(CCl)CCl)C1. The molecule has 96 valence electrons. The van der Waals surface area contributed by atoms with Gasteiger partial charge in [-0.05, 0) is 31.1 Å². The smallest absolute Gasteiger partial charge is 0.211 e. The normalized spacial score (nSPS) is 23.9. The lowest BCUT2D eigenvalue weighted by molar-refractivity contribution is 0.241. The van der Waals surface area contributed by atoms with E-state index in [2.05, 4.69) is 0 Å². The van der Waals surface area contributed by atoms with Crippen molar-refractivity contribution in [1.29, 1.82) is 0 Å². The van der Waals surface area contributed by atoms with Gasteiger partial charge in [-0.25, -0.2) is 12.7 Å². The Morgan fingerprint density at radius 2 is 2.00 bits per heavy atom. The number of hydrogen-bond donors (Lipinski definition) is 0. The quantitative estimate of drug-likeness (QED) is 0.727. The Labute approximate surface area is 108 Å². The molecule has 1 rings (SSSR count). The first-order chi connectivity index (χ1) is 7.47. The predicted molar refractivity (Wildman–Crippen MR) is 68.7 cm³/mol. The predicted octanol–water partition coefficient (Wildman–Crippen LogP) is 2.14. The molecule has 6 heteroatoms. The molecule has 1 heterocycles. The van der Waals surface area contributed by atoms with Crippen LogP contribution in [0, 0.1) is 11.8 Å². The first-order valence-corrected chi connectivity index (χ1v) is 8.46. The summed E-state index contributed by atoms with van der Waals surface area (Å²) in [6.45, 7) is 1.28. The first kappa shape index (κ1) is 14.6. The average molecular weight is 288 g/mol. The van der Waals surface area contributed by atoms with Gasteiger partial charge < -0.3 is 0 Å². The molecule has 0 aromatic carbocycles. The van der Waals surface area contributed by atoms with Crippen molar-refractivity contribution in [2.45, 2.75) is 19.3 Å². The number of nitrogens with zero attached hydrogens (tertiary/aromatic N) is 1. The number of sulfonamides is 1. The van der Waals surface area contributed by atoms with Gasteiger partial charge in [0.05, 0.1) is 6.26 Å². The van der Waals surface area contributed by atoms with Crippen molar-refractivity contribution < 1.29 is 8.42 Å². The second-order valence-electron chi connectivity index (χ2n) is 4.54. The fourth-order valence-electron chi connectivity index (χ4n) is 2.16. The minimum absolute atomic E-state index is 0.299. The largest absolute Gasteiger partial charge is 0.213 e. The van der Waals surface area contributed by atoms with Crippen molar-refractivity contribution in [2.75, 3.05) is 31.1 Å². The molecule has 0 aromatic heterocycles. The molecule has 1 unspecified atom stereocenters. The van der Waals surface area contributed by atoms with E-state index in [1.54, 1.807) is 4.31 Å². The topological polar surface area (TPSA) is 37.4 Å². The Bertz CT molecular complexity index is 304. The molecule has 1 atom stereocenters. The van der Waals surface area contributed by atoms with Crippen LogP contribution in [0.4, 0.5) is 0 Å². The van der Waals surface area contributed by atoms with E-state index in [1.165, 1.54) is 6.26 Å². The maximum Gasteiger partial charge on any atom is 0.211 e. The molecule has 0 bridgehead atoms. The summed E-state index contributed by atoms with van der Waals surface area (Å²) in [4.78, 5) is 0. The van der Waals surface area contributed by atoms with E-state index in [0.29, 0.717) is 36.7 Å². The Morgan fingerprint density at radius 1 is 1.38 bits per heavy atom. The molecular formula is C10H19Cl2NO2S. The third-order valence-electron chi connectivity index (χ3n) is 3.05. The minimum atomic E-state index is -3.04. The van der Waals surface area contributed by atoms with Gasteiger partial charge in [-0.2, -0.15) is 0 Å². The van der Waals surface area contributed by atoms with E-state index in [9.17, 15) is 8.42 Å². The summed E-state index contributed by atoms with van der Waals surface area (Å²) < 4.78 is 24.4. The molecule has 0 aromatic rings. The standard InChI is InChI=1S/C10H19Cl2NO2S/c1-16(14,15)13-4-2-3-9(8-13)5-10(6-11)7-12/h9-10H,2-8H2,1H3. The van der Waals surface area contributed by atoms with Gasteiger partial charge in [0.2, 0.25) is 10.0 Å². The molecule has 0 spiro atoms. The summed E-state index contributed by atoms with van der Waals surface area (Å²) in [6, 6.07) is 0. The second kappa shape index (κ2) is 6.43. The maximum atomic E-state index is 11.4. The third kappa shape index (κ3) is 4.40. The van der Waals surface area contributed by atoms with Crippen LogP contribution in [0.5, 0.6) is 0 Å². The summed E-state index contributed by atoms with van der Waals surface area (Å²) >= 11 is 11.6. The molecule has 1 saturated heterocycles. The van der Waals surface area contributed by atoms with Crippen molar-refractivity contribution in [1.82, 2.24) is 4.31 Å². The van der Waals surface area contributed by atoms with Crippen LogP contribution in [-0.2, 0) is 10.0 Å². The highest BCUT2D eigenvalue weighted by molar-refractivity contribution is 7.88. The summed E-state index contributed by atoms with van der Waals surface area (Å²) in [5.74, 6) is 1.82. The fraction of sp³-hybridized carbons (Fsp3) is 1.00. The van der Waals surface area contributed by atoms with Crippen molar-refractivity contribution in [3.05, 3.63) is 0 Å². The molecule has 1 fully saturated rings. The zero-order valence-corrected chi connectivity index (χ0v) is 11.9. The fourth-order valence-corrected chi connectivity index (χ4v) is 3.68. The number of halogens is 2. The Morgan fingerprint density at radius 3 is 2.50 bits per heavy atom. The van der Waals surface area contributed by atoms with Gasteiger partial charge in [-0.3, -0.25) is 0 Å². The van der Waals surface area contributed by atoms with Gasteiger partial charge in [0.25, 0.3) is 0 Å². The molecular weight excluding hydrogens is 269 g/mol. The van der Waals surface area contributed by atoms with Crippen molar-refractivity contribution in [2.24, 2.45) is 11.8 Å². The van der Waals surface area contributed by atoms with E-state index in [4.69, 9.17) is 23.2 Å². The zero-order valence-electron chi connectivity index (χ0n) is 9.53. The summed E-state index contributed by atoms with van der Waals surface area (Å²) in [5, 5.41) is 0. The summed E-state index contributed by atoms with van der Waals surface area (Å²) in [5.41, 5.74) is 0. The van der Waals surface area contributed by atoms with E-state index < -0.39 is 10.0 Å². The summed E-state index contributed by atoms with van der Waals surface area (Å²) in [6.07, 6.45) is 4.22. The Balaban J connectivity index is 2.51. The Kier molecular flexibility index (Phi) is 5.85. The maximum absolute atomic E-state index is 11.4. The first-order valence-electron chi connectivity index (χ1n) is 5.54.